The van der Waals surface area contributed by atoms with Gasteiger partial charge in [0.25, 0.3) is 0 Å². The molecular weight excluding hydrogens is 576 g/mol. The van der Waals surface area contributed by atoms with Crippen molar-refractivity contribution in [3.63, 3.8) is 0 Å². The van der Waals surface area contributed by atoms with Crippen LogP contribution in [0.15, 0.2) is 60.7 Å². The molecule has 5 N–H and O–H groups in total. The summed E-state index contributed by atoms with van der Waals surface area (Å²) in [6.07, 6.45) is -2.31. The van der Waals surface area contributed by atoms with Gasteiger partial charge in [0, 0.05) is 0 Å². The molecule has 3 atom stereocenters. The van der Waals surface area contributed by atoms with E-state index < -0.39 is 72.7 Å². The number of nitrogens with one attached hydrogen (secondary N) is 3. The molecule has 0 aliphatic heterocycles. The highest BCUT2D eigenvalue weighted by Gasteiger charge is 2.33. The maximum absolute atomic E-state index is 13.3. The van der Waals surface area contributed by atoms with E-state index in [-0.39, 0.29) is 17.7 Å². The molecule has 2 rings (SSSR count). The third kappa shape index (κ3) is 12.8. The van der Waals surface area contributed by atoms with Gasteiger partial charge in [-0.25, -0.2) is 19.2 Å². The number of alkyl carbamates (subject to hydrolysis) is 1. The maximum atomic E-state index is 13.3. The molecule has 0 radical (unpaired) electrons. The second kappa shape index (κ2) is 16.9. The van der Waals surface area contributed by atoms with Gasteiger partial charge in [0.2, 0.25) is 5.91 Å². The maximum Gasteiger partial charge on any atom is 0.408 e. The number of aliphatic hydroxyl groups is 1. The number of benzene rings is 2. The molecule has 0 unspecified atom stereocenters. The summed E-state index contributed by atoms with van der Waals surface area (Å²) in [5, 5.41) is 26.0. The molecule has 14 nitrogen and oxygen atoms in total. The van der Waals surface area contributed by atoms with E-state index in [2.05, 4.69) is 16.1 Å². The number of nitrogens with zero attached hydrogens (tertiary/aromatic N) is 1. The van der Waals surface area contributed by atoms with Gasteiger partial charge in [0.15, 0.2) is 0 Å². The molecule has 0 fully saturated rings. The van der Waals surface area contributed by atoms with Crippen molar-refractivity contribution < 1.29 is 48.6 Å². The molecule has 2 aromatic carbocycles. The minimum Gasteiger partial charge on any atom is -0.480 e. The summed E-state index contributed by atoms with van der Waals surface area (Å²) in [6, 6.07) is 13.2. The van der Waals surface area contributed by atoms with Gasteiger partial charge in [-0.05, 0) is 51.0 Å². The van der Waals surface area contributed by atoms with E-state index in [0.29, 0.717) is 0 Å². The van der Waals surface area contributed by atoms with Gasteiger partial charge in [0.1, 0.15) is 17.7 Å². The minimum atomic E-state index is -1.50. The Morgan fingerprint density at radius 2 is 1.39 bits per heavy atom. The second-order valence-electron chi connectivity index (χ2n) is 11.1. The minimum absolute atomic E-state index is 0.161. The lowest BCUT2D eigenvalue weighted by atomic mass is 10.0. The number of aliphatic hydroxyl groups excluding tert-OH is 1. The van der Waals surface area contributed by atoms with Crippen LogP contribution in [-0.4, -0.2) is 88.6 Å². The molecule has 0 bridgehead atoms. The third-order valence-electron chi connectivity index (χ3n) is 5.75. The van der Waals surface area contributed by atoms with Crippen LogP contribution >= 0.6 is 0 Å². The number of carbonyl (C=O) groups excluding carboxylic acids is 4. The predicted molar refractivity (Wildman–Crippen MR) is 157 cm³/mol. The summed E-state index contributed by atoms with van der Waals surface area (Å²) < 4.78 is 5.26. The van der Waals surface area contributed by atoms with Crippen LogP contribution in [0.2, 0.25) is 0 Å². The van der Waals surface area contributed by atoms with Gasteiger partial charge in [-0.2, -0.15) is 5.48 Å². The molecule has 14 heteroatoms. The number of carbonyl (C=O) groups is 5. The normalized spacial score (nSPS) is 13.4. The second-order valence-corrected chi connectivity index (χ2v) is 11.1. The number of hydrogen-bond donors (Lipinski definition) is 5. The van der Waals surface area contributed by atoms with Crippen molar-refractivity contribution in [2.45, 2.75) is 58.4 Å². The molecule has 0 heterocycles. The fourth-order valence-electron chi connectivity index (χ4n) is 3.64. The first-order valence-corrected chi connectivity index (χ1v) is 13.9. The highest BCUT2D eigenvalue weighted by atomic mass is 16.7. The third-order valence-corrected chi connectivity index (χ3v) is 5.75. The van der Waals surface area contributed by atoms with Crippen LogP contribution in [-0.2, 0) is 24.0 Å². The summed E-state index contributed by atoms with van der Waals surface area (Å²) in [5.41, 5.74) is 1.87. The summed E-state index contributed by atoms with van der Waals surface area (Å²) in [5.74, 6) is -4.22. The Balaban J connectivity index is 2.24. The van der Waals surface area contributed by atoms with Crippen molar-refractivity contribution in [1.29, 1.82) is 0 Å². The Kier molecular flexibility index (Phi) is 13.7. The Labute approximate surface area is 255 Å². The van der Waals surface area contributed by atoms with Crippen LogP contribution < -0.4 is 16.1 Å². The summed E-state index contributed by atoms with van der Waals surface area (Å²) in [4.78, 5) is 73.2. The van der Waals surface area contributed by atoms with Crippen LogP contribution in [0.3, 0.4) is 0 Å². The number of carboxylic acid groups (broad SMARTS) is 1. The number of carboxylic acids is 1. The average Bonchev–Trinajstić information content (AvgIpc) is 2.94. The van der Waals surface area contributed by atoms with Gasteiger partial charge in [-0.1, -0.05) is 50.2 Å². The molecule has 2 amide bonds. The molecule has 0 aliphatic carbocycles. The van der Waals surface area contributed by atoms with E-state index in [9.17, 15) is 34.2 Å². The first kappa shape index (κ1) is 35.7. The number of amides is 2. The lowest BCUT2D eigenvalue weighted by Gasteiger charge is -2.29. The van der Waals surface area contributed by atoms with Crippen LogP contribution in [0.4, 0.5) is 4.79 Å². The first-order chi connectivity index (χ1) is 20.7. The number of rotatable bonds is 15. The number of hydroxylamine groups is 3. The van der Waals surface area contributed by atoms with Crippen LogP contribution in [0.5, 0.6) is 0 Å². The molecule has 0 saturated heterocycles. The molecular formula is C30H40N4O10. The van der Waals surface area contributed by atoms with Gasteiger partial charge in [-0.15, -0.1) is 5.06 Å². The largest absolute Gasteiger partial charge is 0.480 e. The van der Waals surface area contributed by atoms with E-state index in [4.69, 9.17) is 14.4 Å². The Bertz CT molecular complexity index is 1250. The van der Waals surface area contributed by atoms with E-state index >= 15 is 0 Å². The van der Waals surface area contributed by atoms with E-state index in [1.807, 2.05) is 0 Å². The lowest BCUT2D eigenvalue weighted by molar-refractivity contribution is -0.147. The lowest BCUT2D eigenvalue weighted by Crippen LogP contribution is -2.58. The van der Waals surface area contributed by atoms with Crippen LogP contribution in [0.1, 0.15) is 55.3 Å². The molecule has 2 aromatic rings. The smallest absolute Gasteiger partial charge is 0.408 e. The van der Waals surface area contributed by atoms with Crippen molar-refractivity contribution in [1.82, 2.24) is 21.2 Å². The highest BCUT2D eigenvalue weighted by molar-refractivity contribution is 5.90. The van der Waals surface area contributed by atoms with E-state index in [0.717, 1.165) is 5.06 Å². The molecule has 44 heavy (non-hydrogen) atoms. The van der Waals surface area contributed by atoms with Crippen molar-refractivity contribution in [2.75, 3.05) is 19.6 Å². The topological polar surface area (TPSA) is 193 Å². The summed E-state index contributed by atoms with van der Waals surface area (Å²) in [7, 11) is 0. The van der Waals surface area contributed by atoms with Gasteiger partial charge in [-0.3, -0.25) is 4.79 Å². The van der Waals surface area contributed by atoms with Crippen LogP contribution in [0, 0.1) is 5.92 Å². The molecule has 0 aliphatic rings. The zero-order valence-corrected chi connectivity index (χ0v) is 25.3. The zero-order chi connectivity index (χ0) is 32.9. The highest BCUT2D eigenvalue weighted by Crippen LogP contribution is 2.10. The standard InChI is InChI=1S/C30H40N4O10/c1-19(2)24(26(37)38)33-25(36)23(32-29(41)42-30(3,4)5)18-34(44-28(40)21-14-10-7-11-15-21)17-22(35)16-31-43-27(39)20-12-8-6-9-13-20/h6-15,19,22-24,31,35H,16-18H2,1-5H3,(H,32,41)(H,33,36)(H,37,38)/t22-,23+,24+/m1/s1. The average molecular weight is 617 g/mol. The van der Waals surface area contributed by atoms with Gasteiger partial charge < -0.3 is 35.3 Å². The SMILES string of the molecule is CC(C)[C@H](NC(=O)[C@H](CN(C[C@H](O)CNOC(=O)c1ccccc1)OC(=O)c1ccccc1)NC(=O)OC(C)(C)C)C(=O)O. The van der Waals surface area contributed by atoms with E-state index in [1.165, 1.54) is 12.1 Å². The van der Waals surface area contributed by atoms with E-state index in [1.54, 1.807) is 83.1 Å². The molecule has 240 valence electrons. The summed E-state index contributed by atoms with van der Waals surface area (Å²) in [6.45, 7) is 6.79. The predicted octanol–water partition coefficient (Wildman–Crippen LogP) is 1.90. The van der Waals surface area contributed by atoms with Gasteiger partial charge in [0.05, 0.1) is 36.9 Å². The van der Waals surface area contributed by atoms with Crippen LogP contribution in [0.25, 0.3) is 0 Å². The number of aliphatic carboxylic acids is 1. The molecule has 0 spiro atoms. The van der Waals surface area contributed by atoms with Crippen molar-refractivity contribution in [2.24, 2.45) is 5.92 Å². The fourth-order valence-corrected chi connectivity index (χ4v) is 3.64. The van der Waals surface area contributed by atoms with Crippen molar-refractivity contribution in [3.05, 3.63) is 71.8 Å². The molecule has 0 aromatic heterocycles. The quantitative estimate of drug-likeness (QED) is 0.183. The Morgan fingerprint density at radius 3 is 1.89 bits per heavy atom. The molecule has 0 saturated carbocycles. The Morgan fingerprint density at radius 1 is 0.841 bits per heavy atom. The number of ether oxygens (including phenoxy) is 1. The first-order valence-electron chi connectivity index (χ1n) is 13.9. The monoisotopic (exact) mass is 616 g/mol. The summed E-state index contributed by atoms with van der Waals surface area (Å²) >= 11 is 0. The zero-order valence-electron chi connectivity index (χ0n) is 25.3. The fraction of sp³-hybridized carbons (Fsp3) is 0.433. The number of hydrogen-bond acceptors (Lipinski definition) is 11. The Hall–Kier alpha value is -4.53. The van der Waals surface area contributed by atoms with Crippen molar-refractivity contribution in [3.8, 4) is 0 Å². The van der Waals surface area contributed by atoms with Crippen molar-refractivity contribution >= 4 is 29.9 Å². The van der Waals surface area contributed by atoms with Gasteiger partial charge >= 0.3 is 24.0 Å².